The fraction of sp³-hybridized carbons (Fsp3) is 0.421. The van der Waals surface area contributed by atoms with Crippen LogP contribution in [0.1, 0.15) is 29.7 Å². The molecular weight excluding hydrogens is 335 g/mol. The minimum atomic E-state index is -0.314. The zero-order valence-corrected chi connectivity index (χ0v) is 14.5. The van der Waals surface area contributed by atoms with E-state index in [2.05, 4.69) is 14.9 Å². The Bertz CT molecular complexity index is 872. The van der Waals surface area contributed by atoms with Crippen LogP contribution in [0.15, 0.2) is 29.1 Å². The SMILES string of the molecule is O=C(Cc1ccc(F)cc1)N1CCc2c(nc(N3CCCC3)[nH]c2=O)C1. The van der Waals surface area contributed by atoms with Crippen molar-refractivity contribution >= 4 is 11.9 Å². The normalized spacial score (nSPS) is 16.7. The molecule has 6 nitrogen and oxygen atoms in total. The maximum Gasteiger partial charge on any atom is 0.255 e. The highest BCUT2D eigenvalue weighted by Gasteiger charge is 2.26. The van der Waals surface area contributed by atoms with Crippen LogP contribution in [0.25, 0.3) is 0 Å². The van der Waals surface area contributed by atoms with Gasteiger partial charge in [0, 0.05) is 25.2 Å². The third-order valence-corrected chi connectivity index (χ3v) is 5.09. The number of carbonyl (C=O) groups excluding carboxylic acids is 1. The molecule has 1 aromatic carbocycles. The predicted octanol–water partition coefficient (Wildman–Crippen LogP) is 1.64. The minimum Gasteiger partial charge on any atom is -0.342 e. The first kappa shape index (κ1) is 16.8. The maximum absolute atomic E-state index is 13.0. The Morgan fingerprint density at radius 3 is 2.62 bits per heavy atom. The lowest BCUT2D eigenvalue weighted by atomic mass is 10.1. The van der Waals surface area contributed by atoms with Crippen LogP contribution in [0.3, 0.4) is 0 Å². The van der Waals surface area contributed by atoms with Gasteiger partial charge >= 0.3 is 0 Å². The van der Waals surface area contributed by atoms with E-state index in [1.54, 1.807) is 17.0 Å². The van der Waals surface area contributed by atoms with Gasteiger partial charge in [0.15, 0.2) is 0 Å². The van der Waals surface area contributed by atoms with E-state index in [1.165, 1.54) is 12.1 Å². The first-order chi connectivity index (χ1) is 12.6. The van der Waals surface area contributed by atoms with Gasteiger partial charge in [-0.15, -0.1) is 0 Å². The quantitative estimate of drug-likeness (QED) is 0.908. The molecule has 0 atom stereocenters. The highest BCUT2D eigenvalue weighted by molar-refractivity contribution is 5.79. The molecule has 0 unspecified atom stereocenters. The molecule has 0 bridgehead atoms. The maximum atomic E-state index is 13.0. The molecule has 0 radical (unpaired) electrons. The Hall–Kier alpha value is -2.70. The van der Waals surface area contributed by atoms with Crippen molar-refractivity contribution in [3.8, 4) is 0 Å². The molecule has 4 rings (SSSR count). The summed E-state index contributed by atoms with van der Waals surface area (Å²) in [5, 5.41) is 0. The highest BCUT2D eigenvalue weighted by atomic mass is 19.1. The summed E-state index contributed by atoms with van der Waals surface area (Å²) < 4.78 is 13.0. The van der Waals surface area contributed by atoms with E-state index in [0.717, 1.165) is 31.5 Å². The standard InChI is InChI=1S/C19H21FN4O2/c20-14-5-3-13(4-6-14)11-17(25)24-10-7-15-16(12-24)21-19(22-18(15)26)23-8-1-2-9-23/h3-6H,1-2,7-12H2,(H,21,22,26). The van der Waals surface area contributed by atoms with Gasteiger partial charge in [0.1, 0.15) is 5.82 Å². The lowest BCUT2D eigenvalue weighted by molar-refractivity contribution is -0.131. The third kappa shape index (κ3) is 3.34. The minimum absolute atomic E-state index is 0.0351. The molecule has 0 spiro atoms. The van der Waals surface area contributed by atoms with E-state index in [-0.39, 0.29) is 23.7 Å². The summed E-state index contributed by atoms with van der Waals surface area (Å²) in [5.41, 5.74) is 2.05. The van der Waals surface area contributed by atoms with Gasteiger partial charge in [-0.25, -0.2) is 9.37 Å². The first-order valence-electron chi connectivity index (χ1n) is 8.99. The highest BCUT2D eigenvalue weighted by Crippen LogP contribution is 2.20. The van der Waals surface area contributed by atoms with Crippen LogP contribution >= 0.6 is 0 Å². The van der Waals surface area contributed by atoms with Crippen LogP contribution in [0.4, 0.5) is 10.3 Å². The van der Waals surface area contributed by atoms with Gasteiger partial charge in [0.25, 0.3) is 5.56 Å². The van der Waals surface area contributed by atoms with Crippen molar-refractivity contribution in [2.45, 2.75) is 32.2 Å². The van der Waals surface area contributed by atoms with Gasteiger partial charge in [-0.05, 0) is 37.0 Å². The van der Waals surface area contributed by atoms with Crippen LogP contribution in [-0.4, -0.2) is 40.4 Å². The number of hydrogen-bond acceptors (Lipinski definition) is 4. The average Bonchev–Trinajstić information content (AvgIpc) is 3.18. The Labute approximate surface area is 150 Å². The van der Waals surface area contributed by atoms with Crippen molar-refractivity contribution in [1.29, 1.82) is 0 Å². The second kappa shape index (κ2) is 6.90. The zero-order valence-electron chi connectivity index (χ0n) is 14.5. The lowest BCUT2D eigenvalue weighted by Crippen LogP contribution is -2.40. The molecule has 2 aliphatic rings. The number of benzene rings is 1. The predicted molar refractivity (Wildman–Crippen MR) is 95.5 cm³/mol. The summed E-state index contributed by atoms with van der Waals surface area (Å²) in [6.45, 7) is 2.64. The van der Waals surface area contributed by atoms with Gasteiger partial charge in [0.05, 0.1) is 18.7 Å². The number of H-pyrrole nitrogens is 1. The van der Waals surface area contributed by atoms with Gasteiger partial charge in [0.2, 0.25) is 11.9 Å². The Morgan fingerprint density at radius 1 is 1.15 bits per heavy atom. The molecule has 0 saturated carbocycles. The van der Waals surface area contributed by atoms with E-state index in [0.29, 0.717) is 36.7 Å². The fourth-order valence-electron chi connectivity index (χ4n) is 3.61. The number of aromatic nitrogens is 2. The molecule has 3 heterocycles. The van der Waals surface area contributed by atoms with Crippen LogP contribution in [0, 0.1) is 5.82 Å². The second-order valence-electron chi connectivity index (χ2n) is 6.88. The summed E-state index contributed by atoms with van der Waals surface area (Å²) in [4.78, 5) is 36.3. The van der Waals surface area contributed by atoms with E-state index < -0.39 is 0 Å². The summed E-state index contributed by atoms with van der Waals surface area (Å²) in [7, 11) is 0. The van der Waals surface area contributed by atoms with Crippen molar-refractivity contribution in [3.05, 3.63) is 57.3 Å². The molecule has 1 N–H and O–H groups in total. The molecule has 1 fully saturated rings. The molecule has 1 saturated heterocycles. The fourth-order valence-corrected chi connectivity index (χ4v) is 3.61. The van der Waals surface area contributed by atoms with E-state index in [9.17, 15) is 14.0 Å². The molecule has 26 heavy (non-hydrogen) atoms. The van der Waals surface area contributed by atoms with Crippen molar-refractivity contribution < 1.29 is 9.18 Å². The molecular formula is C19H21FN4O2. The molecule has 0 aliphatic carbocycles. The number of nitrogens with zero attached hydrogens (tertiary/aromatic N) is 3. The Balaban J connectivity index is 1.51. The van der Waals surface area contributed by atoms with Crippen molar-refractivity contribution in [1.82, 2.24) is 14.9 Å². The number of rotatable bonds is 3. The monoisotopic (exact) mass is 356 g/mol. The van der Waals surface area contributed by atoms with Crippen molar-refractivity contribution in [2.75, 3.05) is 24.5 Å². The van der Waals surface area contributed by atoms with Crippen molar-refractivity contribution in [3.63, 3.8) is 0 Å². The summed E-state index contributed by atoms with van der Waals surface area (Å²) in [5.74, 6) is 0.261. The number of aromatic amines is 1. The summed E-state index contributed by atoms with van der Waals surface area (Å²) >= 11 is 0. The number of halogens is 1. The van der Waals surface area contributed by atoms with E-state index in [1.807, 2.05) is 0 Å². The van der Waals surface area contributed by atoms with Crippen LogP contribution in [0.2, 0.25) is 0 Å². The largest absolute Gasteiger partial charge is 0.342 e. The Kier molecular flexibility index (Phi) is 4.44. The number of carbonyl (C=O) groups is 1. The lowest BCUT2D eigenvalue weighted by Gasteiger charge is -2.28. The number of fused-ring (bicyclic) bond motifs is 1. The molecule has 2 aliphatic heterocycles. The number of amides is 1. The topological polar surface area (TPSA) is 69.3 Å². The summed E-state index contributed by atoms with van der Waals surface area (Å²) in [6, 6.07) is 5.97. The second-order valence-corrected chi connectivity index (χ2v) is 6.88. The molecule has 1 amide bonds. The first-order valence-corrected chi connectivity index (χ1v) is 8.99. The third-order valence-electron chi connectivity index (χ3n) is 5.09. The van der Waals surface area contributed by atoms with Gasteiger partial charge < -0.3 is 9.80 Å². The summed E-state index contributed by atoms with van der Waals surface area (Å²) in [6.07, 6.45) is 2.93. The molecule has 7 heteroatoms. The Morgan fingerprint density at radius 2 is 1.88 bits per heavy atom. The van der Waals surface area contributed by atoms with Gasteiger partial charge in [-0.1, -0.05) is 12.1 Å². The molecule has 136 valence electrons. The van der Waals surface area contributed by atoms with Crippen LogP contribution in [0.5, 0.6) is 0 Å². The molecule has 2 aromatic rings. The van der Waals surface area contributed by atoms with Crippen molar-refractivity contribution in [2.24, 2.45) is 0 Å². The average molecular weight is 356 g/mol. The number of anilines is 1. The van der Waals surface area contributed by atoms with E-state index >= 15 is 0 Å². The van der Waals surface area contributed by atoms with Gasteiger partial charge in [-0.2, -0.15) is 0 Å². The van der Waals surface area contributed by atoms with Crippen LogP contribution < -0.4 is 10.5 Å². The van der Waals surface area contributed by atoms with E-state index in [4.69, 9.17) is 0 Å². The zero-order chi connectivity index (χ0) is 18.1. The number of hydrogen-bond donors (Lipinski definition) is 1. The molecule has 1 aromatic heterocycles. The number of nitrogens with one attached hydrogen (secondary N) is 1. The van der Waals surface area contributed by atoms with Gasteiger partial charge in [-0.3, -0.25) is 14.6 Å². The smallest absolute Gasteiger partial charge is 0.255 e. The van der Waals surface area contributed by atoms with Crippen LogP contribution in [-0.2, 0) is 24.2 Å².